The molecule has 7 nitrogen and oxygen atoms in total. The molecule has 32 heavy (non-hydrogen) atoms. The molecule has 9 heteroatoms. The molecular weight excluding hydrogens is 435 g/mol. The molecule has 3 rings (SSSR count). The Morgan fingerprint density at radius 3 is 2.47 bits per heavy atom. The summed E-state index contributed by atoms with van der Waals surface area (Å²) in [5.74, 6) is -0.601. The molecule has 0 spiro atoms. The van der Waals surface area contributed by atoms with Crippen LogP contribution in [0, 0.1) is 18.2 Å². The summed E-state index contributed by atoms with van der Waals surface area (Å²) < 4.78 is 46.0. The van der Waals surface area contributed by atoms with Gasteiger partial charge in [0.15, 0.2) is 9.84 Å². The first-order valence-corrected chi connectivity index (χ1v) is 11.9. The minimum atomic E-state index is -3.90. The van der Waals surface area contributed by atoms with Crippen molar-refractivity contribution in [1.29, 1.82) is 0 Å². The maximum absolute atomic E-state index is 13.5. The number of nitrogens with one attached hydrogen (secondary N) is 2. The van der Waals surface area contributed by atoms with Crippen LogP contribution in [0.2, 0.25) is 0 Å². The quantitative estimate of drug-likeness (QED) is 0.448. The number of piperidine rings is 1. The van der Waals surface area contributed by atoms with Crippen LogP contribution in [0.3, 0.4) is 0 Å². The molecule has 0 radical (unpaired) electrons. The van der Waals surface area contributed by atoms with E-state index in [4.69, 9.17) is 4.74 Å². The number of amides is 1. The van der Waals surface area contributed by atoms with Gasteiger partial charge in [-0.2, -0.15) is 0 Å². The number of sulfone groups is 1. The zero-order valence-corrected chi connectivity index (χ0v) is 19.4. The average molecular weight is 465 g/mol. The van der Waals surface area contributed by atoms with Crippen LogP contribution in [0.5, 0.6) is 5.75 Å². The summed E-state index contributed by atoms with van der Waals surface area (Å²) in [6, 6.07) is 10.5. The fourth-order valence-corrected chi connectivity index (χ4v) is 6.57. The van der Waals surface area contributed by atoms with Crippen molar-refractivity contribution >= 4 is 15.7 Å². The van der Waals surface area contributed by atoms with E-state index in [2.05, 4.69) is 5.32 Å². The van der Waals surface area contributed by atoms with Crippen molar-refractivity contribution in [3.63, 3.8) is 0 Å². The lowest BCUT2D eigenvalue weighted by atomic mass is 9.66. The number of aryl methyl sites for hydroxylation is 1. The van der Waals surface area contributed by atoms with Gasteiger partial charge in [-0.3, -0.25) is 10.0 Å². The predicted octanol–water partition coefficient (Wildman–Crippen LogP) is 3.14. The van der Waals surface area contributed by atoms with E-state index in [0.29, 0.717) is 12.3 Å². The van der Waals surface area contributed by atoms with Gasteiger partial charge in [-0.15, -0.1) is 0 Å². The van der Waals surface area contributed by atoms with E-state index in [0.717, 1.165) is 11.1 Å². The lowest BCUT2D eigenvalue weighted by molar-refractivity contribution is -0.144. The molecule has 0 aromatic heterocycles. The normalized spacial score (nSPS) is 22.9. The van der Waals surface area contributed by atoms with Crippen LogP contribution in [-0.2, 0) is 21.2 Å². The van der Waals surface area contributed by atoms with Crippen LogP contribution < -0.4 is 15.5 Å². The fourth-order valence-electron chi connectivity index (χ4n) is 4.27. The summed E-state index contributed by atoms with van der Waals surface area (Å²) in [7, 11) is -3.90. The number of rotatable bonds is 6. The van der Waals surface area contributed by atoms with E-state index in [1.54, 1.807) is 51.4 Å². The molecule has 174 valence electrons. The monoisotopic (exact) mass is 464 g/mol. The lowest BCUT2D eigenvalue weighted by Crippen LogP contribution is -2.69. The maximum atomic E-state index is 13.5. The maximum Gasteiger partial charge on any atom is 0.252 e. The molecule has 2 atom stereocenters. The van der Waals surface area contributed by atoms with Crippen LogP contribution in [0.1, 0.15) is 38.3 Å². The topological polar surface area (TPSA) is 105 Å². The molecule has 0 aliphatic carbocycles. The second-order valence-corrected chi connectivity index (χ2v) is 11.0. The Morgan fingerprint density at radius 2 is 1.88 bits per heavy atom. The Hall–Kier alpha value is -2.49. The van der Waals surface area contributed by atoms with E-state index in [9.17, 15) is 22.8 Å². The van der Waals surface area contributed by atoms with Gasteiger partial charge in [0, 0.05) is 5.54 Å². The molecule has 1 heterocycles. The summed E-state index contributed by atoms with van der Waals surface area (Å²) in [4.78, 5) is 12.7. The summed E-state index contributed by atoms with van der Waals surface area (Å²) in [6.45, 7) is 7.47. The van der Waals surface area contributed by atoms with Crippen LogP contribution >= 0.6 is 0 Å². The van der Waals surface area contributed by atoms with Gasteiger partial charge in [-0.05, 0) is 88.2 Å². The molecule has 3 N–H and O–H groups in total. The summed E-state index contributed by atoms with van der Waals surface area (Å²) >= 11 is 0. The lowest BCUT2D eigenvalue weighted by Gasteiger charge is -2.51. The van der Waals surface area contributed by atoms with Crippen molar-refractivity contribution in [2.24, 2.45) is 5.41 Å². The number of hydrogen-bond acceptors (Lipinski definition) is 6. The van der Waals surface area contributed by atoms with Gasteiger partial charge in [-0.25, -0.2) is 18.3 Å². The Labute approximate surface area is 187 Å². The number of halogens is 1. The minimum Gasteiger partial charge on any atom is -0.489 e. The Balaban J connectivity index is 1.84. The van der Waals surface area contributed by atoms with Gasteiger partial charge in [0.05, 0.1) is 15.6 Å². The highest BCUT2D eigenvalue weighted by Crippen LogP contribution is 2.44. The molecule has 1 aliphatic rings. The van der Waals surface area contributed by atoms with Gasteiger partial charge in [-0.1, -0.05) is 6.07 Å². The second kappa shape index (κ2) is 8.80. The summed E-state index contributed by atoms with van der Waals surface area (Å²) in [5.41, 5.74) is 0.957. The average Bonchev–Trinajstić information content (AvgIpc) is 2.74. The zero-order valence-electron chi connectivity index (χ0n) is 18.6. The molecular formula is C23H29FN2O5S. The van der Waals surface area contributed by atoms with Crippen molar-refractivity contribution in [1.82, 2.24) is 10.8 Å². The van der Waals surface area contributed by atoms with E-state index in [1.165, 1.54) is 24.3 Å². The molecule has 1 fully saturated rings. The Kier molecular flexibility index (Phi) is 6.65. The van der Waals surface area contributed by atoms with Gasteiger partial charge < -0.3 is 10.1 Å². The highest BCUT2D eigenvalue weighted by molar-refractivity contribution is 7.92. The standard InChI is InChI=1S/C23H29FN2O5S/c1-15-13-17(24)6-5-16(15)14-31-18-7-9-19(10-8-18)32(29,30)20-11-12-25-22(2,3)23(20,4)21(27)26-28/h5-10,13,20,25,28H,11-12,14H2,1-4H3,(H,26,27). The second-order valence-electron chi connectivity index (χ2n) is 8.85. The van der Waals surface area contributed by atoms with E-state index >= 15 is 0 Å². The van der Waals surface area contributed by atoms with Crippen molar-refractivity contribution in [2.75, 3.05) is 6.54 Å². The number of ether oxygens (including phenoxy) is 1. The van der Waals surface area contributed by atoms with Crippen molar-refractivity contribution < 1.29 is 27.5 Å². The largest absolute Gasteiger partial charge is 0.489 e. The number of benzene rings is 2. The molecule has 1 amide bonds. The van der Waals surface area contributed by atoms with Crippen LogP contribution in [0.25, 0.3) is 0 Å². The van der Waals surface area contributed by atoms with Crippen LogP contribution in [0.15, 0.2) is 47.4 Å². The third-order valence-corrected chi connectivity index (χ3v) is 9.10. The highest BCUT2D eigenvalue weighted by Gasteiger charge is 2.59. The molecule has 0 bridgehead atoms. The van der Waals surface area contributed by atoms with Crippen molar-refractivity contribution in [3.8, 4) is 5.75 Å². The smallest absolute Gasteiger partial charge is 0.252 e. The fraction of sp³-hybridized carbons (Fsp3) is 0.435. The van der Waals surface area contributed by atoms with Gasteiger partial charge >= 0.3 is 0 Å². The van der Waals surface area contributed by atoms with Crippen LogP contribution in [-0.4, -0.2) is 36.9 Å². The first-order chi connectivity index (χ1) is 14.9. The molecule has 1 aliphatic heterocycles. The first-order valence-electron chi connectivity index (χ1n) is 10.3. The number of carbonyl (C=O) groups excluding carboxylic acids is 1. The third kappa shape index (κ3) is 4.24. The number of hydrogen-bond donors (Lipinski definition) is 3. The van der Waals surface area contributed by atoms with E-state index in [1.807, 2.05) is 0 Å². The SMILES string of the molecule is Cc1cc(F)ccc1COc1ccc(S(=O)(=O)C2CCNC(C)(C)C2(C)C(=O)NO)cc1. The molecule has 2 aromatic rings. The summed E-state index contributed by atoms with van der Waals surface area (Å²) in [5, 5.41) is 11.5. The van der Waals surface area contributed by atoms with E-state index < -0.39 is 31.9 Å². The Bertz CT molecular complexity index is 1100. The first kappa shape index (κ1) is 24.2. The molecule has 2 aromatic carbocycles. The molecule has 2 unspecified atom stereocenters. The zero-order chi connectivity index (χ0) is 23.7. The Morgan fingerprint density at radius 1 is 1.22 bits per heavy atom. The number of carbonyl (C=O) groups is 1. The molecule has 1 saturated heterocycles. The van der Waals surface area contributed by atoms with E-state index in [-0.39, 0.29) is 23.7 Å². The minimum absolute atomic E-state index is 0.0717. The van der Waals surface area contributed by atoms with Crippen molar-refractivity contribution in [2.45, 2.75) is 56.4 Å². The molecule has 0 saturated carbocycles. The van der Waals surface area contributed by atoms with Gasteiger partial charge in [0.1, 0.15) is 18.2 Å². The highest BCUT2D eigenvalue weighted by atomic mass is 32.2. The van der Waals surface area contributed by atoms with Crippen molar-refractivity contribution in [3.05, 3.63) is 59.4 Å². The van der Waals surface area contributed by atoms with Gasteiger partial charge in [0.25, 0.3) is 5.91 Å². The summed E-state index contributed by atoms with van der Waals surface area (Å²) in [6.07, 6.45) is 0.220. The van der Waals surface area contributed by atoms with Crippen LogP contribution in [0.4, 0.5) is 4.39 Å². The predicted molar refractivity (Wildman–Crippen MR) is 118 cm³/mol. The third-order valence-electron chi connectivity index (χ3n) is 6.71. The van der Waals surface area contributed by atoms with Gasteiger partial charge in [0.2, 0.25) is 0 Å². The number of hydroxylamine groups is 1.